The summed E-state index contributed by atoms with van der Waals surface area (Å²) in [6.45, 7) is 11.4. The zero-order valence-electron chi connectivity index (χ0n) is 11.0. The number of hydrogen-bond acceptors (Lipinski definition) is 2. The molecule has 0 bridgehead atoms. The fraction of sp³-hybridized carbons (Fsp3) is 0.571. The van der Waals surface area contributed by atoms with E-state index in [4.69, 9.17) is 4.74 Å². The van der Waals surface area contributed by atoms with Crippen LogP contribution in [0.1, 0.15) is 46.2 Å². The molecule has 16 heavy (non-hydrogen) atoms. The van der Waals surface area contributed by atoms with Crippen molar-refractivity contribution in [2.24, 2.45) is 0 Å². The van der Waals surface area contributed by atoms with Gasteiger partial charge < -0.3 is 10.1 Å². The topological polar surface area (TPSA) is 21.3 Å². The molecule has 0 aliphatic rings. The van der Waals surface area contributed by atoms with E-state index in [1.165, 1.54) is 5.56 Å². The van der Waals surface area contributed by atoms with Gasteiger partial charge >= 0.3 is 0 Å². The number of hydrogen-bond donors (Lipinski definition) is 1. The average molecular weight is 221 g/mol. The van der Waals surface area contributed by atoms with E-state index in [2.05, 4.69) is 52.1 Å². The molecule has 2 nitrogen and oxygen atoms in total. The van der Waals surface area contributed by atoms with Crippen LogP contribution in [0.15, 0.2) is 24.3 Å². The van der Waals surface area contributed by atoms with Gasteiger partial charge in [0, 0.05) is 6.04 Å². The Hall–Kier alpha value is -1.02. The monoisotopic (exact) mass is 221 g/mol. The van der Waals surface area contributed by atoms with Crippen LogP contribution in [0.3, 0.4) is 0 Å². The van der Waals surface area contributed by atoms with Crippen LogP contribution in [0.2, 0.25) is 0 Å². The van der Waals surface area contributed by atoms with Gasteiger partial charge in [-0.2, -0.15) is 0 Å². The number of rotatable bonds is 4. The highest BCUT2D eigenvalue weighted by Crippen LogP contribution is 2.21. The minimum atomic E-state index is -0.130. The van der Waals surface area contributed by atoms with E-state index >= 15 is 0 Å². The molecule has 1 aromatic carbocycles. The van der Waals surface area contributed by atoms with E-state index in [1.807, 2.05) is 12.1 Å². The first kappa shape index (κ1) is 13.0. The molecule has 0 heterocycles. The van der Waals surface area contributed by atoms with E-state index in [-0.39, 0.29) is 5.60 Å². The molecule has 2 heteroatoms. The molecule has 90 valence electrons. The molecule has 0 radical (unpaired) electrons. The van der Waals surface area contributed by atoms with Crippen LogP contribution in [0.4, 0.5) is 0 Å². The molecule has 0 fully saturated rings. The molecule has 0 aliphatic carbocycles. The molecule has 1 rings (SSSR count). The average Bonchev–Trinajstić information content (AvgIpc) is 2.16. The fourth-order valence-electron chi connectivity index (χ4n) is 1.60. The summed E-state index contributed by atoms with van der Waals surface area (Å²) < 4.78 is 5.78. The van der Waals surface area contributed by atoms with E-state index in [9.17, 15) is 0 Å². The van der Waals surface area contributed by atoms with Crippen LogP contribution in [-0.4, -0.2) is 12.1 Å². The Morgan fingerprint density at radius 2 is 1.75 bits per heavy atom. The SMILES string of the molecule is CCNC(C)c1ccc(OC(C)(C)C)cc1. The van der Waals surface area contributed by atoms with Gasteiger partial charge in [0.1, 0.15) is 11.4 Å². The van der Waals surface area contributed by atoms with Crippen LogP contribution >= 0.6 is 0 Å². The summed E-state index contributed by atoms with van der Waals surface area (Å²) in [6, 6.07) is 8.71. The lowest BCUT2D eigenvalue weighted by atomic mass is 10.1. The Morgan fingerprint density at radius 3 is 2.19 bits per heavy atom. The predicted octanol–water partition coefficient (Wildman–Crippen LogP) is 3.53. The van der Waals surface area contributed by atoms with Gasteiger partial charge in [-0.1, -0.05) is 19.1 Å². The van der Waals surface area contributed by atoms with Crippen LogP contribution < -0.4 is 10.1 Å². The Balaban J connectivity index is 2.68. The molecular weight excluding hydrogens is 198 g/mol. The first-order valence-electron chi connectivity index (χ1n) is 5.94. The summed E-state index contributed by atoms with van der Waals surface area (Å²) in [5.41, 5.74) is 1.16. The first-order chi connectivity index (χ1) is 7.42. The molecule has 0 spiro atoms. The lowest BCUT2D eigenvalue weighted by Gasteiger charge is -2.21. The second-order valence-corrected chi connectivity index (χ2v) is 5.06. The van der Waals surface area contributed by atoms with Gasteiger partial charge in [0.05, 0.1) is 0 Å². The molecule has 1 atom stereocenters. The smallest absolute Gasteiger partial charge is 0.120 e. The van der Waals surface area contributed by atoms with Crippen molar-refractivity contribution in [1.82, 2.24) is 5.32 Å². The molecule has 0 aliphatic heterocycles. The molecule has 0 aromatic heterocycles. The van der Waals surface area contributed by atoms with Crippen molar-refractivity contribution in [3.05, 3.63) is 29.8 Å². The molecule has 1 unspecified atom stereocenters. The lowest BCUT2D eigenvalue weighted by Crippen LogP contribution is -2.23. The summed E-state index contributed by atoms with van der Waals surface area (Å²) in [6.07, 6.45) is 0. The maximum absolute atomic E-state index is 5.78. The Kier molecular flexibility index (Phi) is 4.36. The third kappa shape index (κ3) is 4.23. The van der Waals surface area contributed by atoms with E-state index < -0.39 is 0 Å². The highest BCUT2D eigenvalue weighted by Gasteiger charge is 2.11. The van der Waals surface area contributed by atoms with Gasteiger partial charge in [0.15, 0.2) is 0 Å². The van der Waals surface area contributed by atoms with Crippen LogP contribution in [-0.2, 0) is 0 Å². The maximum atomic E-state index is 5.78. The van der Waals surface area contributed by atoms with E-state index in [0.29, 0.717) is 6.04 Å². The van der Waals surface area contributed by atoms with Gasteiger partial charge in [-0.25, -0.2) is 0 Å². The van der Waals surface area contributed by atoms with Crippen LogP contribution in [0, 0.1) is 0 Å². The second-order valence-electron chi connectivity index (χ2n) is 5.06. The number of benzene rings is 1. The lowest BCUT2D eigenvalue weighted by molar-refractivity contribution is 0.131. The molecule has 0 amide bonds. The summed E-state index contributed by atoms with van der Waals surface area (Å²) in [4.78, 5) is 0. The highest BCUT2D eigenvalue weighted by atomic mass is 16.5. The molecule has 0 saturated carbocycles. The molecular formula is C14H23NO. The molecule has 0 saturated heterocycles. The van der Waals surface area contributed by atoms with Gasteiger partial charge in [-0.15, -0.1) is 0 Å². The Labute approximate surface area is 99.0 Å². The summed E-state index contributed by atoms with van der Waals surface area (Å²) in [5.74, 6) is 0.931. The van der Waals surface area contributed by atoms with Crippen LogP contribution in [0.5, 0.6) is 5.75 Å². The zero-order valence-corrected chi connectivity index (χ0v) is 11.0. The van der Waals surface area contributed by atoms with Crippen molar-refractivity contribution < 1.29 is 4.74 Å². The first-order valence-corrected chi connectivity index (χ1v) is 5.94. The molecule has 1 N–H and O–H groups in total. The largest absolute Gasteiger partial charge is 0.488 e. The van der Waals surface area contributed by atoms with E-state index in [1.54, 1.807) is 0 Å². The highest BCUT2D eigenvalue weighted by molar-refractivity contribution is 5.29. The van der Waals surface area contributed by atoms with Crippen molar-refractivity contribution in [2.75, 3.05) is 6.54 Å². The number of ether oxygens (including phenoxy) is 1. The minimum absolute atomic E-state index is 0.130. The zero-order chi connectivity index (χ0) is 12.2. The van der Waals surface area contributed by atoms with Crippen LogP contribution in [0.25, 0.3) is 0 Å². The van der Waals surface area contributed by atoms with Crippen molar-refractivity contribution in [3.8, 4) is 5.75 Å². The van der Waals surface area contributed by atoms with Gasteiger partial charge in [-0.3, -0.25) is 0 Å². The van der Waals surface area contributed by atoms with Gasteiger partial charge in [-0.05, 0) is 51.9 Å². The third-order valence-corrected chi connectivity index (χ3v) is 2.31. The quantitative estimate of drug-likeness (QED) is 0.839. The minimum Gasteiger partial charge on any atom is -0.488 e. The van der Waals surface area contributed by atoms with Crippen molar-refractivity contribution in [1.29, 1.82) is 0 Å². The second kappa shape index (κ2) is 5.35. The van der Waals surface area contributed by atoms with Crippen molar-refractivity contribution in [2.45, 2.75) is 46.3 Å². The standard InChI is InChI=1S/C14H23NO/c1-6-15-11(2)12-7-9-13(10-8-12)16-14(3,4)5/h7-11,15H,6H2,1-5H3. The Bertz CT molecular complexity index is 311. The number of nitrogens with one attached hydrogen (secondary N) is 1. The van der Waals surface area contributed by atoms with Gasteiger partial charge in [0.2, 0.25) is 0 Å². The predicted molar refractivity (Wildman–Crippen MR) is 68.9 cm³/mol. The summed E-state index contributed by atoms with van der Waals surface area (Å²) in [7, 11) is 0. The van der Waals surface area contributed by atoms with Crippen molar-refractivity contribution >= 4 is 0 Å². The summed E-state index contributed by atoms with van der Waals surface area (Å²) in [5, 5.41) is 3.39. The van der Waals surface area contributed by atoms with E-state index in [0.717, 1.165) is 12.3 Å². The Morgan fingerprint density at radius 1 is 1.19 bits per heavy atom. The molecule has 1 aromatic rings. The van der Waals surface area contributed by atoms with Gasteiger partial charge in [0.25, 0.3) is 0 Å². The van der Waals surface area contributed by atoms with Crippen molar-refractivity contribution in [3.63, 3.8) is 0 Å². The summed E-state index contributed by atoms with van der Waals surface area (Å²) >= 11 is 0. The third-order valence-electron chi connectivity index (χ3n) is 2.31. The normalized spacial score (nSPS) is 13.6. The fourth-order valence-corrected chi connectivity index (χ4v) is 1.60. The maximum Gasteiger partial charge on any atom is 0.120 e.